The number of hydrogen-bond donors (Lipinski definition) is 1. The highest BCUT2D eigenvalue weighted by Gasteiger charge is 2.12. The second kappa shape index (κ2) is 5.88. The lowest BCUT2D eigenvalue weighted by Crippen LogP contribution is -2.03. The number of fused-ring (bicyclic) bond motifs is 1. The Hall–Kier alpha value is -1.83. The fourth-order valence-corrected chi connectivity index (χ4v) is 2.84. The van der Waals surface area contributed by atoms with Crippen LogP contribution in [0.1, 0.15) is 22.8 Å². The van der Waals surface area contributed by atoms with Crippen LogP contribution in [0.25, 0.3) is 10.8 Å². The Kier molecular flexibility index (Phi) is 3.96. The monoisotopic (exact) mass is 296 g/mol. The highest BCUT2D eigenvalue weighted by molar-refractivity contribution is 6.30. The molecule has 0 aromatic heterocycles. The van der Waals surface area contributed by atoms with Crippen LogP contribution in [0.5, 0.6) is 0 Å². The van der Waals surface area contributed by atoms with E-state index < -0.39 is 6.10 Å². The van der Waals surface area contributed by atoms with Gasteiger partial charge >= 0.3 is 0 Å². The van der Waals surface area contributed by atoms with Gasteiger partial charge in [0.1, 0.15) is 0 Å². The van der Waals surface area contributed by atoms with E-state index in [-0.39, 0.29) is 0 Å². The molecule has 3 aromatic rings. The Morgan fingerprint density at radius 2 is 1.57 bits per heavy atom. The predicted octanol–water partition coefficient (Wildman–Crippen LogP) is 5.08. The van der Waals surface area contributed by atoms with Crippen molar-refractivity contribution in [2.24, 2.45) is 0 Å². The van der Waals surface area contributed by atoms with E-state index in [1.54, 1.807) is 0 Å². The topological polar surface area (TPSA) is 20.2 Å². The lowest BCUT2D eigenvalue weighted by Gasteiger charge is -2.15. The van der Waals surface area contributed by atoms with Crippen LogP contribution >= 0.6 is 11.6 Å². The summed E-state index contributed by atoms with van der Waals surface area (Å²) < 4.78 is 0. The minimum atomic E-state index is -0.517. The van der Waals surface area contributed by atoms with E-state index in [0.717, 1.165) is 16.5 Å². The lowest BCUT2D eigenvalue weighted by atomic mass is 9.94. The average molecular weight is 297 g/mol. The minimum Gasteiger partial charge on any atom is -0.388 e. The molecule has 1 atom stereocenters. The molecule has 106 valence electrons. The summed E-state index contributed by atoms with van der Waals surface area (Å²) in [5, 5.41) is 13.6. The molecule has 0 radical (unpaired) electrons. The molecule has 2 heteroatoms. The van der Waals surface area contributed by atoms with Gasteiger partial charge in [-0.25, -0.2) is 0 Å². The molecule has 1 nitrogen and oxygen atoms in total. The van der Waals surface area contributed by atoms with E-state index in [9.17, 15) is 5.11 Å². The summed E-state index contributed by atoms with van der Waals surface area (Å²) in [5.41, 5.74) is 3.29. The molecule has 3 rings (SSSR count). The molecule has 0 aliphatic carbocycles. The van der Waals surface area contributed by atoms with Crippen molar-refractivity contribution < 1.29 is 5.11 Å². The summed E-state index contributed by atoms with van der Waals surface area (Å²) in [7, 11) is 0. The third kappa shape index (κ3) is 2.94. The maximum Gasteiger partial charge on any atom is 0.0836 e. The highest BCUT2D eigenvalue weighted by atomic mass is 35.5. The SMILES string of the molecule is Cc1ccc(C(O)Cc2ccc(Cl)cc2)c2ccccc12. The van der Waals surface area contributed by atoms with Gasteiger partial charge < -0.3 is 5.11 Å². The van der Waals surface area contributed by atoms with Gasteiger partial charge in [0, 0.05) is 11.4 Å². The Bertz CT molecular complexity index is 762. The number of aliphatic hydroxyl groups is 1. The van der Waals surface area contributed by atoms with Gasteiger partial charge in [-0.3, -0.25) is 0 Å². The van der Waals surface area contributed by atoms with Crippen molar-refractivity contribution in [1.29, 1.82) is 0 Å². The first kappa shape index (κ1) is 14.1. The zero-order valence-corrected chi connectivity index (χ0v) is 12.6. The number of rotatable bonds is 3. The minimum absolute atomic E-state index is 0.517. The third-order valence-electron chi connectivity index (χ3n) is 3.88. The van der Waals surface area contributed by atoms with E-state index in [2.05, 4.69) is 25.1 Å². The van der Waals surface area contributed by atoms with E-state index >= 15 is 0 Å². The van der Waals surface area contributed by atoms with Crippen LogP contribution in [0.15, 0.2) is 60.7 Å². The Morgan fingerprint density at radius 1 is 0.905 bits per heavy atom. The number of hydrogen-bond acceptors (Lipinski definition) is 1. The van der Waals surface area contributed by atoms with Gasteiger partial charge in [-0.1, -0.05) is 60.1 Å². The van der Waals surface area contributed by atoms with Crippen LogP contribution in [-0.2, 0) is 6.42 Å². The van der Waals surface area contributed by atoms with E-state index in [1.807, 2.05) is 42.5 Å². The number of halogens is 1. The molecule has 0 fully saturated rings. The first-order valence-electron chi connectivity index (χ1n) is 7.06. The van der Waals surface area contributed by atoms with Crippen molar-refractivity contribution in [2.45, 2.75) is 19.4 Å². The van der Waals surface area contributed by atoms with Crippen LogP contribution in [-0.4, -0.2) is 5.11 Å². The summed E-state index contributed by atoms with van der Waals surface area (Å²) in [6.45, 7) is 2.09. The number of aryl methyl sites for hydroxylation is 1. The Labute approximate surface area is 129 Å². The molecule has 0 spiro atoms. The van der Waals surface area contributed by atoms with Crippen molar-refractivity contribution in [3.8, 4) is 0 Å². The average Bonchev–Trinajstić information content (AvgIpc) is 2.50. The second-order valence-electron chi connectivity index (χ2n) is 5.36. The predicted molar refractivity (Wildman–Crippen MR) is 88.8 cm³/mol. The first-order chi connectivity index (χ1) is 10.1. The molecule has 3 aromatic carbocycles. The van der Waals surface area contributed by atoms with Gasteiger partial charge in [-0.2, -0.15) is 0 Å². The van der Waals surface area contributed by atoms with Crippen molar-refractivity contribution >= 4 is 22.4 Å². The summed E-state index contributed by atoms with van der Waals surface area (Å²) in [6.07, 6.45) is 0.0706. The molecule has 0 amide bonds. The molecular weight excluding hydrogens is 280 g/mol. The zero-order valence-electron chi connectivity index (χ0n) is 11.9. The van der Waals surface area contributed by atoms with Crippen molar-refractivity contribution in [3.63, 3.8) is 0 Å². The number of benzene rings is 3. The van der Waals surface area contributed by atoms with E-state index in [1.165, 1.54) is 10.9 Å². The quantitative estimate of drug-likeness (QED) is 0.715. The van der Waals surface area contributed by atoms with Gasteiger partial charge in [-0.05, 0) is 46.5 Å². The molecule has 1 unspecified atom stereocenters. The molecule has 0 bridgehead atoms. The van der Waals surface area contributed by atoms with Gasteiger partial charge in [0.15, 0.2) is 0 Å². The summed E-state index contributed by atoms with van der Waals surface area (Å²) >= 11 is 5.90. The molecule has 0 heterocycles. The van der Waals surface area contributed by atoms with Crippen LogP contribution in [0.3, 0.4) is 0 Å². The normalized spacial score (nSPS) is 12.5. The standard InChI is InChI=1S/C19H17ClO/c1-13-6-11-18(17-5-3-2-4-16(13)17)19(21)12-14-7-9-15(20)10-8-14/h2-11,19,21H,12H2,1H3. The third-order valence-corrected chi connectivity index (χ3v) is 4.13. The van der Waals surface area contributed by atoms with Crippen molar-refractivity contribution in [1.82, 2.24) is 0 Å². The maximum atomic E-state index is 10.6. The Balaban J connectivity index is 1.96. The summed E-state index contributed by atoms with van der Waals surface area (Å²) in [6, 6.07) is 20.0. The second-order valence-corrected chi connectivity index (χ2v) is 5.80. The molecule has 0 aliphatic heterocycles. The van der Waals surface area contributed by atoms with Crippen LogP contribution in [0.4, 0.5) is 0 Å². The van der Waals surface area contributed by atoms with Crippen LogP contribution in [0.2, 0.25) is 5.02 Å². The maximum absolute atomic E-state index is 10.6. The van der Waals surface area contributed by atoms with Gasteiger partial charge in [0.05, 0.1) is 6.10 Å². The van der Waals surface area contributed by atoms with E-state index in [0.29, 0.717) is 11.4 Å². The van der Waals surface area contributed by atoms with Crippen LogP contribution in [0, 0.1) is 6.92 Å². The first-order valence-corrected chi connectivity index (χ1v) is 7.44. The van der Waals surface area contributed by atoms with Gasteiger partial charge in [0.2, 0.25) is 0 Å². The highest BCUT2D eigenvalue weighted by Crippen LogP contribution is 2.29. The smallest absolute Gasteiger partial charge is 0.0836 e. The molecule has 0 saturated carbocycles. The van der Waals surface area contributed by atoms with Gasteiger partial charge in [-0.15, -0.1) is 0 Å². The lowest BCUT2D eigenvalue weighted by molar-refractivity contribution is 0.180. The largest absolute Gasteiger partial charge is 0.388 e. The fraction of sp³-hybridized carbons (Fsp3) is 0.158. The molecular formula is C19H17ClO. The summed E-state index contributed by atoms with van der Waals surface area (Å²) in [5.74, 6) is 0. The molecule has 21 heavy (non-hydrogen) atoms. The van der Waals surface area contributed by atoms with E-state index in [4.69, 9.17) is 11.6 Å². The van der Waals surface area contributed by atoms with Crippen molar-refractivity contribution in [3.05, 3.63) is 82.4 Å². The molecule has 1 N–H and O–H groups in total. The molecule has 0 aliphatic rings. The fourth-order valence-electron chi connectivity index (χ4n) is 2.72. The van der Waals surface area contributed by atoms with Gasteiger partial charge in [0.25, 0.3) is 0 Å². The van der Waals surface area contributed by atoms with Crippen molar-refractivity contribution in [2.75, 3.05) is 0 Å². The van der Waals surface area contributed by atoms with Crippen LogP contribution < -0.4 is 0 Å². The number of aliphatic hydroxyl groups excluding tert-OH is 1. The zero-order chi connectivity index (χ0) is 14.8. The summed E-state index contributed by atoms with van der Waals surface area (Å²) in [4.78, 5) is 0. The molecule has 0 saturated heterocycles. The Morgan fingerprint density at radius 3 is 2.29 bits per heavy atom.